The molecule has 0 aliphatic heterocycles. The molecule has 198 valence electrons. The molecule has 1 atom stereocenters. The number of hydrogen-bond acceptors (Lipinski definition) is 8. The molecule has 0 N–H and O–H groups in total. The van der Waals surface area contributed by atoms with Crippen LogP contribution in [0.25, 0.3) is 5.57 Å². The van der Waals surface area contributed by atoms with E-state index >= 15 is 4.39 Å². The third-order valence-electron chi connectivity index (χ3n) is 4.92. The zero-order valence-electron chi connectivity index (χ0n) is 21.3. The van der Waals surface area contributed by atoms with E-state index in [4.69, 9.17) is 23.7 Å². The molecule has 37 heavy (non-hydrogen) atoms. The Balaban J connectivity index is 2.14. The van der Waals surface area contributed by atoms with Gasteiger partial charge in [-0.2, -0.15) is 0 Å². The summed E-state index contributed by atoms with van der Waals surface area (Å²) in [7, 11) is 0. The molecule has 2 rings (SSSR count). The van der Waals surface area contributed by atoms with Crippen molar-refractivity contribution in [3.8, 4) is 5.75 Å². The molecule has 1 aromatic rings. The molecule has 8 nitrogen and oxygen atoms in total. The van der Waals surface area contributed by atoms with Gasteiger partial charge in [-0.05, 0) is 50.1 Å². The maximum Gasteiger partial charge on any atom is 0.338 e. The van der Waals surface area contributed by atoms with Crippen LogP contribution in [-0.2, 0) is 33.3 Å². The lowest BCUT2D eigenvalue weighted by Crippen LogP contribution is -2.25. The topological polar surface area (TPSA) is 97.4 Å². The highest BCUT2D eigenvalue weighted by atomic mass is 19.1. The Hall–Kier alpha value is -3.98. The quantitative estimate of drug-likeness (QED) is 0.161. The molecule has 0 radical (unpaired) electrons. The number of esters is 3. The molecular weight excluding hydrogens is 483 g/mol. The van der Waals surface area contributed by atoms with Gasteiger partial charge in [0.2, 0.25) is 0 Å². The van der Waals surface area contributed by atoms with Crippen molar-refractivity contribution >= 4 is 23.5 Å². The Morgan fingerprint density at radius 3 is 1.92 bits per heavy atom. The summed E-state index contributed by atoms with van der Waals surface area (Å²) in [5, 5.41) is 0. The lowest BCUT2D eigenvalue weighted by molar-refractivity contribution is -0.142. The van der Waals surface area contributed by atoms with Crippen molar-refractivity contribution in [2.75, 3.05) is 26.4 Å². The van der Waals surface area contributed by atoms with E-state index in [9.17, 15) is 14.4 Å². The van der Waals surface area contributed by atoms with Crippen molar-refractivity contribution in [1.29, 1.82) is 0 Å². The standard InChI is InChI=1S/C28H31FO8/c1-17(2)26(30)35-13-11-33-24-16-21(20-7-9-22(10-8-20)37-28(32)19(5)6)15-23(29)25(24)34-12-14-36-27(31)18(3)4/h7-10,15,24H,1,3,5,11-14,16H2,2,4,6H3. The van der Waals surface area contributed by atoms with Gasteiger partial charge in [-0.1, -0.05) is 31.9 Å². The van der Waals surface area contributed by atoms with E-state index in [-0.39, 0.29) is 55.3 Å². The van der Waals surface area contributed by atoms with Gasteiger partial charge in [-0.15, -0.1) is 0 Å². The Morgan fingerprint density at radius 2 is 1.38 bits per heavy atom. The minimum Gasteiger partial charge on any atom is -0.489 e. The van der Waals surface area contributed by atoms with Crippen LogP contribution in [0.2, 0.25) is 0 Å². The molecule has 0 saturated carbocycles. The second kappa shape index (κ2) is 13.9. The van der Waals surface area contributed by atoms with Gasteiger partial charge in [0.1, 0.15) is 31.7 Å². The number of carbonyl (C=O) groups is 3. The second-order valence-corrected chi connectivity index (χ2v) is 8.32. The molecule has 0 aromatic heterocycles. The van der Waals surface area contributed by atoms with Gasteiger partial charge < -0.3 is 23.7 Å². The minimum atomic E-state index is -0.832. The first-order chi connectivity index (χ1) is 17.5. The summed E-state index contributed by atoms with van der Waals surface area (Å²) in [6.07, 6.45) is 0.736. The van der Waals surface area contributed by atoms with Crippen molar-refractivity contribution in [3.05, 3.63) is 83.9 Å². The van der Waals surface area contributed by atoms with Gasteiger partial charge in [0, 0.05) is 23.1 Å². The summed E-state index contributed by atoms with van der Waals surface area (Å²) in [6.45, 7) is 14.9. The molecule has 0 spiro atoms. The fourth-order valence-corrected chi connectivity index (χ4v) is 3.02. The molecule has 0 fully saturated rings. The van der Waals surface area contributed by atoms with E-state index in [2.05, 4.69) is 19.7 Å². The molecule has 0 amide bonds. The summed E-state index contributed by atoms with van der Waals surface area (Å²) >= 11 is 0. The third-order valence-corrected chi connectivity index (χ3v) is 4.92. The largest absolute Gasteiger partial charge is 0.489 e. The summed E-state index contributed by atoms with van der Waals surface area (Å²) in [4.78, 5) is 34.8. The number of hydrogen-bond donors (Lipinski definition) is 0. The lowest BCUT2D eigenvalue weighted by atomic mass is 9.94. The first kappa shape index (κ1) is 29.3. The average Bonchev–Trinajstić information content (AvgIpc) is 2.85. The maximum atomic E-state index is 15.1. The van der Waals surface area contributed by atoms with Crippen LogP contribution < -0.4 is 4.74 Å². The SMILES string of the molecule is C=C(C)C(=O)OCCOC1=C(F)C=C(c2ccc(OC(=O)C(=C)C)cc2)CC1OCCOC(=O)C(=C)C. The van der Waals surface area contributed by atoms with Crippen LogP contribution in [0.15, 0.2) is 78.4 Å². The molecule has 0 bridgehead atoms. The zero-order valence-corrected chi connectivity index (χ0v) is 21.3. The van der Waals surface area contributed by atoms with Crippen molar-refractivity contribution < 1.29 is 42.5 Å². The number of halogens is 1. The van der Waals surface area contributed by atoms with Crippen LogP contribution in [0.3, 0.4) is 0 Å². The van der Waals surface area contributed by atoms with Crippen molar-refractivity contribution in [1.82, 2.24) is 0 Å². The van der Waals surface area contributed by atoms with E-state index < -0.39 is 29.8 Å². The van der Waals surface area contributed by atoms with Gasteiger partial charge in [0.05, 0.1) is 6.61 Å². The van der Waals surface area contributed by atoms with Crippen LogP contribution >= 0.6 is 0 Å². The monoisotopic (exact) mass is 514 g/mol. The van der Waals surface area contributed by atoms with E-state index in [1.807, 2.05) is 0 Å². The summed E-state index contributed by atoms with van der Waals surface area (Å²) in [5.74, 6) is -2.08. The molecule has 1 aromatic carbocycles. The molecule has 1 unspecified atom stereocenters. The highest BCUT2D eigenvalue weighted by Gasteiger charge is 2.28. The van der Waals surface area contributed by atoms with Gasteiger partial charge in [0.15, 0.2) is 11.6 Å². The van der Waals surface area contributed by atoms with Crippen LogP contribution in [0.1, 0.15) is 32.8 Å². The average molecular weight is 515 g/mol. The van der Waals surface area contributed by atoms with Crippen molar-refractivity contribution in [3.63, 3.8) is 0 Å². The fourth-order valence-electron chi connectivity index (χ4n) is 3.02. The maximum absolute atomic E-state index is 15.1. The summed E-state index contributed by atoms with van der Waals surface area (Å²) in [5.41, 5.74) is 2.05. The second-order valence-electron chi connectivity index (χ2n) is 8.32. The summed E-state index contributed by atoms with van der Waals surface area (Å²) in [6, 6.07) is 6.56. The Labute approximate surface area is 215 Å². The Kier molecular flexibility index (Phi) is 11.0. The number of ether oxygens (including phenoxy) is 5. The molecule has 0 heterocycles. The Morgan fingerprint density at radius 1 is 0.838 bits per heavy atom. The third kappa shape index (κ3) is 9.20. The van der Waals surface area contributed by atoms with Gasteiger partial charge in [-0.3, -0.25) is 0 Å². The van der Waals surface area contributed by atoms with Gasteiger partial charge >= 0.3 is 17.9 Å². The van der Waals surface area contributed by atoms with Crippen LogP contribution in [0.5, 0.6) is 5.75 Å². The molecular formula is C28H31FO8. The first-order valence-electron chi connectivity index (χ1n) is 11.5. The highest BCUT2D eigenvalue weighted by Crippen LogP contribution is 2.34. The first-order valence-corrected chi connectivity index (χ1v) is 11.5. The van der Waals surface area contributed by atoms with E-state index in [0.29, 0.717) is 16.9 Å². The zero-order chi connectivity index (χ0) is 27.5. The van der Waals surface area contributed by atoms with E-state index in [1.165, 1.54) is 19.9 Å². The molecule has 0 saturated heterocycles. The lowest BCUT2D eigenvalue weighted by Gasteiger charge is -2.26. The molecule has 1 aliphatic carbocycles. The number of benzene rings is 1. The molecule has 1 aliphatic rings. The minimum absolute atomic E-state index is 0.0163. The van der Waals surface area contributed by atoms with Crippen molar-refractivity contribution in [2.24, 2.45) is 0 Å². The van der Waals surface area contributed by atoms with Gasteiger partial charge in [-0.25, -0.2) is 18.8 Å². The predicted octanol–water partition coefficient (Wildman–Crippen LogP) is 4.78. The highest BCUT2D eigenvalue weighted by molar-refractivity contribution is 5.89. The van der Waals surface area contributed by atoms with E-state index in [1.54, 1.807) is 31.2 Å². The fraction of sp³-hybridized carbons (Fsp3) is 0.321. The normalized spacial score (nSPS) is 14.8. The smallest absolute Gasteiger partial charge is 0.338 e. The number of allylic oxidation sites excluding steroid dienone is 2. The van der Waals surface area contributed by atoms with E-state index in [0.717, 1.165) is 0 Å². The van der Waals surface area contributed by atoms with Crippen LogP contribution in [0.4, 0.5) is 4.39 Å². The van der Waals surface area contributed by atoms with Crippen molar-refractivity contribution in [2.45, 2.75) is 33.3 Å². The number of rotatable bonds is 13. The predicted molar refractivity (Wildman–Crippen MR) is 135 cm³/mol. The number of carbonyl (C=O) groups excluding carboxylic acids is 3. The van der Waals surface area contributed by atoms with Crippen LogP contribution in [0, 0.1) is 0 Å². The molecule has 9 heteroatoms. The van der Waals surface area contributed by atoms with Gasteiger partial charge in [0.25, 0.3) is 0 Å². The summed E-state index contributed by atoms with van der Waals surface area (Å²) < 4.78 is 41.7. The van der Waals surface area contributed by atoms with Crippen LogP contribution in [-0.4, -0.2) is 50.4 Å². The Bertz CT molecular complexity index is 1130.